The Hall–Kier alpha value is -2.10. The summed E-state index contributed by atoms with van der Waals surface area (Å²) < 4.78 is 0. The Labute approximate surface area is 143 Å². The zero-order valence-corrected chi connectivity index (χ0v) is 14.7. The minimum Gasteiger partial charge on any atom is -0.411 e. The van der Waals surface area contributed by atoms with Crippen LogP contribution in [0.15, 0.2) is 28.9 Å². The molecule has 1 fully saturated rings. The SMILES string of the molecule is CC(=O)C1CCCCC1=C1NC(C)(C)Cc2ccc(C=NO)cc21. The van der Waals surface area contributed by atoms with Crippen molar-refractivity contribution in [3.63, 3.8) is 0 Å². The number of fused-ring (bicyclic) bond motifs is 1. The molecule has 2 N–H and O–H groups in total. The summed E-state index contributed by atoms with van der Waals surface area (Å²) in [5, 5.41) is 15.7. The van der Waals surface area contributed by atoms with E-state index >= 15 is 0 Å². The van der Waals surface area contributed by atoms with Crippen LogP contribution in [0.2, 0.25) is 0 Å². The molecule has 1 aromatic carbocycles. The lowest BCUT2D eigenvalue weighted by atomic mass is 9.76. The van der Waals surface area contributed by atoms with E-state index in [0.717, 1.165) is 48.9 Å². The van der Waals surface area contributed by atoms with E-state index in [1.165, 1.54) is 17.4 Å². The number of nitrogens with one attached hydrogen (secondary N) is 1. The molecule has 24 heavy (non-hydrogen) atoms. The van der Waals surface area contributed by atoms with Gasteiger partial charge in [0.25, 0.3) is 0 Å². The zero-order valence-electron chi connectivity index (χ0n) is 14.7. The second-order valence-electron chi connectivity index (χ2n) is 7.66. The van der Waals surface area contributed by atoms with Crippen molar-refractivity contribution < 1.29 is 10.0 Å². The summed E-state index contributed by atoms with van der Waals surface area (Å²) in [6.45, 7) is 6.11. The number of Topliss-reactive ketones (excluding diaryl/α,β-unsaturated/α-hetero) is 1. The number of oxime groups is 1. The fraction of sp³-hybridized carbons (Fsp3) is 0.500. The van der Waals surface area contributed by atoms with Crippen LogP contribution in [-0.4, -0.2) is 22.7 Å². The molecule has 1 aliphatic carbocycles. The molecule has 2 aliphatic rings. The molecule has 1 aromatic rings. The normalized spacial score (nSPS) is 26.0. The molecule has 4 nitrogen and oxygen atoms in total. The third kappa shape index (κ3) is 3.23. The van der Waals surface area contributed by atoms with Gasteiger partial charge in [-0.05, 0) is 69.2 Å². The maximum absolute atomic E-state index is 12.2. The zero-order chi connectivity index (χ0) is 17.3. The van der Waals surface area contributed by atoms with Gasteiger partial charge in [0.1, 0.15) is 5.78 Å². The third-order valence-electron chi connectivity index (χ3n) is 5.13. The minimum atomic E-state index is -0.0410. The summed E-state index contributed by atoms with van der Waals surface area (Å²) in [5.74, 6) is 0.287. The van der Waals surface area contributed by atoms with Crippen LogP contribution in [0.5, 0.6) is 0 Å². The first-order valence-corrected chi connectivity index (χ1v) is 8.74. The van der Waals surface area contributed by atoms with Crippen LogP contribution in [-0.2, 0) is 11.2 Å². The van der Waals surface area contributed by atoms with Crippen LogP contribution < -0.4 is 5.32 Å². The minimum absolute atomic E-state index is 0.0261. The van der Waals surface area contributed by atoms with Gasteiger partial charge in [0.05, 0.1) is 6.21 Å². The molecule has 0 spiro atoms. The maximum atomic E-state index is 12.2. The second kappa shape index (κ2) is 6.42. The molecule has 1 saturated carbocycles. The monoisotopic (exact) mass is 326 g/mol. The number of carbonyl (C=O) groups is 1. The van der Waals surface area contributed by atoms with Crippen LogP contribution in [0, 0.1) is 5.92 Å². The quantitative estimate of drug-likeness (QED) is 0.492. The number of rotatable bonds is 2. The van der Waals surface area contributed by atoms with Gasteiger partial charge in [0, 0.05) is 22.7 Å². The summed E-state index contributed by atoms with van der Waals surface area (Å²) in [4.78, 5) is 12.2. The number of benzene rings is 1. The van der Waals surface area contributed by atoms with Crippen LogP contribution in [0.1, 0.15) is 63.1 Å². The summed E-state index contributed by atoms with van der Waals surface area (Å²) in [6, 6.07) is 6.15. The first-order valence-electron chi connectivity index (χ1n) is 8.74. The average molecular weight is 326 g/mol. The highest BCUT2D eigenvalue weighted by Crippen LogP contribution is 2.39. The van der Waals surface area contributed by atoms with E-state index in [0.29, 0.717) is 0 Å². The molecule has 3 rings (SSSR count). The highest BCUT2D eigenvalue weighted by Gasteiger charge is 2.33. The number of ketones is 1. The van der Waals surface area contributed by atoms with Gasteiger partial charge in [0.2, 0.25) is 0 Å². The van der Waals surface area contributed by atoms with Crippen molar-refractivity contribution in [1.29, 1.82) is 0 Å². The Morgan fingerprint density at radius 2 is 2.17 bits per heavy atom. The van der Waals surface area contributed by atoms with E-state index in [1.807, 2.05) is 6.07 Å². The maximum Gasteiger partial charge on any atom is 0.137 e. The molecule has 1 unspecified atom stereocenters. The van der Waals surface area contributed by atoms with Crippen molar-refractivity contribution >= 4 is 17.7 Å². The van der Waals surface area contributed by atoms with Gasteiger partial charge in [-0.1, -0.05) is 23.7 Å². The largest absolute Gasteiger partial charge is 0.411 e. The van der Waals surface area contributed by atoms with Gasteiger partial charge in [-0.3, -0.25) is 4.79 Å². The molecule has 1 heterocycles. The molecule has 0 bridgehead atoms. The summed E-state index contributed by atoms with van der Waals surface area (Å²) >= 11 is 0. The topological polar surface area (TPSA) is 61.7 Å². The van der Waals surface area contributed by atoms with Gasteiger partial charge in [-0.25, -0.2) is 0 Å². The van der Waals surface area contributed by atoms with Crippen molar-refractivity contribution in [3.8, 4) is 0 Å². The van der Waals surface area contributed by atoms with Crippen LogP contribution >= 0.6 is 0 Å². The van der Waals surface area contributed by atoms with Crippen molar-refractivity contribution in [1.82, 2.24) is 5.32 Å². The van der Waals surface area contributed by atoms with Crippen molar-refractivity contribution in [3.05, 3.63) is 40.5 Å². The number of allylic oxidation sites excluding steroid dienone is 1. The summed E-state index contributed by atoms with van der Waals surface area (Å²) in [5.41, 5.74) is 5.63. The molecule has 0 amide bonds. The van der Waals surface area contributed by atoms with E-state index in [4.69, 9.17) is 5.21 Å². The number of hydrogen-bond donors (Lipinski definition) is 2. The summed E-state index contributed by atoms with van der Waals surface area (Å²) in [7, 11) is 0. The van der Waals surface area contributed by atoms with Gasteiger partial charge in [-0.15, -0.1) is 0 Å². The second-order valence-corrected chi connectivity index (χ2v) is 7.66. The lowest BCUT2D eigenvalue weighted by Crippen LogP contribution is -2.45. The predicted octanol–water partition coefficient (Wildman–Crippen LogP) is 3.91. The highest BCUT2D eigenvalue weighted by atomic mass is 16.4. The van der Waals surface area contributed by atoms with Crippen LogP contribution in [0.3, 0.4) is 0 Å². The van der Waals surface area contributed by atoms with Gasteiger partial charge in [-0.2, -0.15) is 0 Å². The Balaban J connectivity index is 2.18. The van der Waals surface area contributed by atoms with E-state index in [2.05, 4.69) is 36.5 Å². The lowest BCUT2D eigenvalue weighted by Gasteiger charge is -2.39. The molecule has 0 aromatic heterocycles. The van der Waals surface area contributed by atoms with E-state index in [-0.39, 0.29) is 17.2 Å². The third-order valence-corrected chi connectivity index (χ3v) is 5.13. The Morgan fingerprint density at radius 3 is 2.88 bits per heavy atom. The number of carbonyl (C=O) groups excluding carboxylic acids is 1. The Morgan fingerprint density at radius 1 is 1.38 bits per heavy atom. The van der Waals surface area contributed by atoms with Gasteiger partial charge >= 0.3 is 0 Å². The van der Waals surface area contributed by atoms with Crippen molar-refractivity contribution in [2.24, 2.45) is 11.1 Å². The molecule has 4 heteroatoms. The molecule has 128 valence electrons. The predicted molar refractivity (Wildman–Crippen MR) is 96.3 cm³/mol. The first-order chi connectivity index (χ1) is 11.4. The Kier molecular flexibility index (Phi) is 4.48. The smallest absolute Gasteiger partial charge is 0.137 e. The molecule has 1 aliphatic heterocycles. The molecule has 1 atom stereocenters. The average Bonchev–Trinajstić information content (AvgIpc) is 2.54. The summed E-state index contributed by atoms with van der Waals surface area (Å²) in [6.07, 6.45) is 6.56. The van der Waals surface area contributed by atoms with Crippen LogP contribution in [0.25, 0.3) is 5.70 Å². The van der Waals surface area contributed by atoms with E-state index in [9.17, 15) is 4.79 Å². The van der Waals surface area contributed by atoms with Crippen LogP contribution in [0.4, 0.5) is 0 Å². The van der Waals surface area contributed by atoms with E-state index in [1.54, 1.807) is 6.92 Å². The first kappa shape index (κ1) is 16.7. The molecular formula is C20H26N2O2. The number of nitrogens with zero attached hydrogens (tertiary/aromatic N) is 1. The van der Waals surface area contributed by atoms with Crippen molar-refractivity contribution in [2.75, 3.05) is 0 Å². The highest BCUT2D eigenvalue weighted by molar-refractivity contribution is 5.87. The number of hydrogen-bond acceptors (Lipinski definition) is 4. The van der Waals surface area contributed by atoms with Crippen molar-refractivity contribution in [2.45, 2.75) is 58.4 Å². The van der Waals surface area contributed by atoms with Gasteiger partial charge in [0.15, 0.2) is 0 Å². The molecule has 0 saturated heterocycles. The fourth-order valence-electron chi connectivity index (χ4n) is 4.07. The standard InChI is InChI=1S/C20H26N2O2/c1-13(23)16-6-4-5-7-17(16)19-18-10-14(12-21-24)8-9-15(18)11-20(2,3)22-19/h8-10,12,16,22,24H,4-7,11H2,1-3H3. The van der Waals surface area contributed by atoms with E-state index < -0.39 is 0 Å². The van der Waals surface area contributed by atoms with Gasteiger partial charge < -0.3 is 10.5 Å². The molecular weight excluding hydrogens is 300 g/mol. The Bertz CT molecular complexity index is 716. The molecule has 0 radical (unpaired) electrons. The lowest BCUT2D eigenvalue weighted by molar-refractivity contribution is -0.120. The fourth-order valence-corrected chi connectivity index (χ4v) is 4.07.